The number of hydrogen-bond acceptors (Lipinski definition) is 4. The van der Waals surface area contributed by atoms with Gasteiger partial charge in [0.05, 0.1) is 13.7 Å². The first kappa shape index (κ1) is 16.3. The zero-order valence-electron chi connectivity index (χ0n) is 12.5. The maximum Gasteiger partial charge on any atom is 0.234 e. The van der Waals surface area contributed by atoms with Gasteiger partial charge in [0.25, 0.3) is 0 Å². The van der Waals surface area contributed by atoms with E-state index >= 15 is 0 Å². The molecule has 1 aromatic carbocycles. The molecule has 5 heteroatoms. The quantitative estimate of drug-likeness (QED) is 0.745. The summed E-state index contributed by atoms with van der Waals surface area (Å²) in [5, 5.41) is 2.85. The number of carbonyl (C=O) groups is 1. The van der Waals surface area contributed by atoms with E-state index < -0.39 is 0 Å². The molecule has 1 aromatic rings. The van der Waals surface area contributed by atoms with Crippen molar-refractivity contribution in [3.05, 3.63) is 24.3 Å². The van der Waals surface area contributed by atoms with Crippen molar-refractivity contribution in [3.63, 3.8) is 0 Å². The highest BCUT2D eigenvalue weighted by molar-refractivity contribution is 5.77. The average molecular weight is 280 g/mol. The summed E-state index contributed by atoms with van der Waals surface area (Å²) in [5.74, 6) is 1.49. The standard InChI is InChI=1S/C15H24N2O3/c1-4-9-16-15(18)12-17(2)10-11-20-14-8-6-5-7-13(14)19-3/h5-8H,4,9-12H2,1-3H3,(H,16,18). The maximum atomic E-state index is 11.5. The van der Waals surface area contributed by atoms with E-state index in [-0.39, 0.29) is 5.91 Å². The van der Waals surface area contributed by atoms with Crippen LogP contribution in [-0.2, 0) is 4.79 Å². The second-order valence-corrected chi connectivity index (χ2v) is 4.59. The summed E-state index contributed by atoms with van der Waals surface area (Å²) in [6.45, 7) is 4.33. The largest absolute Gasteiger partial charge is 0.493 e. The van der Waals surface area contributed by atoms with E-state index in [1.807, 2.05) is 43.1 Å². The molecule has 0 heterocycles. The van der Waals surface area contributed by atoms with Crippen LogP contribution in [0.2, 0.25) is 0 Å². The van der Waals surface area contributed by atoms with Crippen molar-refractivity contribution in [3.8, 4) is 11.5 Å². The Labute approximate surface area is 120 Å². The summed E-state index contributed by atoms with van der Waals surface area (Å²) in [6.07, 6.45) is 0.951. The summed E-state index contributed by atoms with van der Waals surface area (Å²) in [6, 6.07) is 7.53. The van der Waals surface area contributed by atoms with E-state index in [1.54, 1.807) is 7.11 Å². The molecule has 0 aliphatic heterocycles. The molecule has 0 saturated carbocycles. The molecule has 0 saturated heterocycles. The lowest BCUT2D eigenvalue weighted by atomic mass is 10.3. The van der Waals surface area contributed by atoms with Gasteiger partial charge >= 0.3 is 0 Å². The Bertz CT molecular complexity index is 410. The van der Waals surface area contributed by atoms with Gasteiger partial charge in [0.2, 0.25) is 5.91 Å². The zero-order chi connectivity index (χ0) is 14.8. The number of nitrogens with one attached hydrogen (secondary N) is 1. The summed E-state index contributed by atoms with van der Waals surface area (Å²) in [7, 11) is 3.52. The molecule has 0 aliphatic carbocycles. The average Bonchev–Trinajstić information content (AvgIpc) is 2.45. The van der Waals surface area contributed by atoms with Crippen LogP contribution in [0.25, 0.3) is 0 Å². The van der Waals surface area contributed by atoms with Gasteiger partial charge in [-0.05, 0) is 25.6 Å². The van der Waals surface area contributed by atoms with Gasteiger partial charge in [0, 0.05) is 13.1 Å². The minimum Gasteiger partial charge on any atom is -0.493 e. The summed E-state index contributed by atoms with van der Waals surface area (Å²) in [4.78, 5) is 13.5. The maximum absolute atomic E-state index is 11.5. The lowest BCUT2D eigenvalue weighted by Gasteiger charge is -2.17. The molecule has 5 nitrogen and oxygen atoms in total. The van der Waals surface area contributed by atoms with Crippen molar-refractivity contribution >= 4 is 5.91 Å². The molecule has 112 valence electrons. The molecule has 1 rings (SSSR count). The third kappa shape index (κ3) is 5.93. The number of para-hydroxylation sites is 2. The van der Waals surface area contributed by atoms with E-state index in [0.717, 1.165) is 24.5 Å². The first-order valence-corrected chi connectivity index (χ1v) is 6.88. The van der Waals surface area contributed by atoms with Crippen LogP contribution in [0.1, 0.15) is 13.3 Å². The molecule has 0 unspecified atom stereocenters. The number of likely N-dealkylation sites (N-methyl/N-ethyl adjacent to an activating group) is 1. The first-order valence-electron chi connectivity index (χ1n) is 6.88. The van der Waals surface area contributed by atoms with Crippen molar-refractivity contribution in [1.82, 2.24) is 10.2 Å². The highest BCUT2D eigenvalue weighted by Gasteiger charge is 2.07. The monoisotopic (exact) mass is 280 g/mol. The van der Waals surface area contributed by atoms with Crippen LogP contribution in [0.15, 0.2) is 24.3 Å². The van der Waals surface area contributed by atoms with Gasteiger partial charge in [-0.1, -0.05) is 19.1 Å². The van der Waals surface area contributed by atoms with Crippen LogP contribution in [0.3, 0.4) is 0 Å². The van der Waals surface area contributed by atoms with Gasteiger partial charge < -0.3 is 14.8 Å². The molecule has 0 bridgehead atoms. The van der Waals surface area contributed by atoms with Crippen LogP contribution in [0, 0.1) is 0 Å². The van der Waals surface area contributed by atoms with Crippen LogP contribution in [0.4, 0.5) is 0 Å². The van der Waals surface area contributed by atoms with Gasteiger partial charge in [-0.2, -0.15) is 0 Å². The fourth-order valence-corrected chi connectivity index (χ4v) is 1.69. The van der Waals surface area contributed by atoms with E-state index in [0.29, 0.717) is 19.7 Å². The first-order chi connectivity index (χ1) is 9.67. The van der Waals surface area contributed by atoms with Crippen molar-refractivity contribution < 1.29 is 14.3 Å². The fraction of sp³-hybridized carbons (Fsp3) is 0.533. The van der Waals surface area contributed by atoms with Crippen molar-refractivity contribution in [1.29, 1.82) is 0 Å². The minimum absolute atomic E-state index is 0.0478. The Morgan fingerprint density at radius 2 is 2.00 bits per heavy atom. The number of ether oxygens (including phenoxy) is 2. The number of carbonyl (C=O) groups excluding carboxylic acids is 1. The number of rotatable bonds is 9. The van der Waals surface area contributed by atoms with Crippen LogP contribution in [-0.4, -0.2) is 51.2 Å². The lowest BCUT2D eigenvalue weighted by molar-refractivity contribution is -0.122. The second-order valence-electron chi connectivity index (χ2n) is 4.59. The van der Waals surface area contributed by atoms with Gasteiger partial charge in [0.1, 0.15) is 6.61 Å². The SMILES string of the molecule is CCCNC(=O)CN(C)CCOc1ccccc1OC. The Morgan fingerprint density at radius 3 is 2.65 bits per heavy atom. The summed E-state index contributed by atoms with van der Waals surface area (Å²) >= 11 is 0. The third-order valence-electron chi connectivity index (χ3n) is 2.79. The minimum atomic E-state index is 0.0478. The Morgan fingerprint density at radius 1 is 1.30 bits per heavy atom. The summed E-state index contributed by atoms with van der Waals surface area (Å²) < 4.78 is 10.9. The van der Waals surface area contributed by atoms with Gasteiger partial charge in [-0.3, -0.25) is 9.69 Å². The predicted molar refractivity (Wildman–Crippen MR) is 79.3 cm³/mol. The smallest absolute Gasteiger partial charge is 0.234 e. The van der Waals surface area contributed by atoms with Crippen molar-refractivity contribution in [2.24, 2.45) is 0 Å². The highest BCUT2D eigenvalue weighted by Crippen LogP contribution is 2.25. The molecule has 0 fully saturated rings. The van der Waals surface area contributed by atoms with E-state index in [2.05, 4.69) is 5.32 Å². The molecule has 0 spiro atoms. The third-order valence-corrected chi connectivity index (χ3v) is 2.79. The van der Waals surface area contributed by atoms with E-state index in [1.165, 1.54) is 0 Å². The Hall–Kier alpha value is -1.75. The molecule has 1 amide bonds. The van der Waals surface area contributed by atoms with Crippen LogP contribution in [0.5, 0.6) is 11.5 Å². The van der Waals surface area contributed by atoms with Gasteiger partial charge in [-0.15, -0.1) is 0 Å². The van der Waals surface area contributed by atoms with Gasteiger partial charge in [-0.25, -0.2) is 0 Å². The number of nitrogens with zero attached hydrogens (tertiary/aromatic N) is 1. The molecule has 0 atom stereocenters. The number of benzene rings is 1. The normalized spacial score (nSPS) is 10.4. The molecule has 0 aliphatic rings. The number of amides is 1. The Balaban J connectivity index is 2.27. The molecular weight excluding hydrogens is 256 g/mol. The number of methoxy groups -OCH3 is 1. The molecular formula is C15H24N2O3. The van der Waals surface area contributed by atoms with Crippen molar-refractivity contribution in [2.75, 3.05) is 40.4 Å². The van der Waals surface area contributed by atoms with Crippen LogP contribution >= 0.6 is 0 Å². The zero-order valence-corrected chi connectivity index (χ0v) is 12.5. The highest BCUT2D eigenvalue weighted by atomic mass is 16.5. The number of hydrogen-bond donors (Lipinski definition) is 1. The molecule has 1 N–H and O–H groups in total. The molecule has 20 heavy (non-hydrogen) atoms. The Kier molecular flexibility index (Phi) is 7.50. The van der Waals surface area contributed by atoms with E-state index in [9.17, 15) is 4.79 Å². The van der Waals surface area contributed by atoms with Crippen molar-refractivity contribution in [2.45, 2.75) is 13.3 Å². The summed E-state index contributed by atoms with van der Waals surface area (Å²) in [5.41, 5.74) is 0. The second kappa shape index (κ2) is 9.20. The molecule has 0 aromatic heterocycles. The molecule has 0 radical (unpaired) electrons. The topological polar surface area (TPSA) is 50.8 Å². The fourth-order valence-electron chi connectivity index (χ4n) is 1.69. The van der Waals surface area contributed by atoms with Gasteiger partial charge in [0.15, 0.2) is 11.5 Å². The predicted octanol–water partition coefficient (Wildman–Crippen LogP) is 1.53. The lowest BCUT2D eigenvalue weighted by Crippen LogP contribution is -2.37. The van der Waals surface area contributed by atoms with E-state index in [4.69, 9.17) is 9.47 Å². The van der Waals surface area contributed by atoms with Crippen LogP contribution < -0.4 is 14.8 Å².